The summed E-state index contributed by atoms with van der Waals surface area (Å²) in [7, 11) is 1.53. The number of nitrogens with two attached hydrogens (primary N) is 1. The zero-order valence-corrected chi connectivity index (χ0v) is 12.4. The summed E-state index contributed by atoms with van der Waals surface area (Å²) < 4.78 is 18.8. The Kier molecular flexibility index (Phi) is 5.04. The highest BCUT2D eigenvalue weighted by atomic mass is 32.2. The summed E-state index contributed by atoms with van der Waals surface area (Å²) in [5, 5.41) is 0. The normalized spacial score (nSPS) is 12.2. The minimum Gasteiger partial charge on any atom is -0.497 e. The van der Waals surface area contributed by atoms with Gasteiger partial charge in [-0.25, -0.2) is 4.39 Å². The predicted octanol–water partition coefficient (Wildman–Crippen LogP) is 4.15. The van der Waals surface area contributed by atoms with Gasteiger partial charge in [-0.1, -0.05) is 18.2 Å². The van der Waals surface area contributed by atoms with E-state index in [-0.39, 0.29) is 11.9 Å². The third kappa shape index (κ3) is 3.74. The van der Waals surface area contributed by atoms with Gasteiger partial charge in [0.05, 0.1) is 7.11 Å². The number of rotatable bonds is 5. The molecule has 2 nitrogen and oxygen atoms in total. The molecule has 2 aromatic carbocycles. The standard InChI is InChI=1S/C16H18FNOS/c1-11(18)12-4-3-5-15(8-12)20-10-13-6-7-14(19-2)9-16(13)17/h3-9,11H,10,18H2,1-2H3. The van der Waals surface area contributed by atoms with Gasteiger partial charge in [0.2, 0.25) is 0 Å². The lowest BCUT2D eigenvalue weighted by atomic mass is 10.1. The maximum absolute atomic E-state index is 13.8. The van der Waals surface area contributed by atoms with Crippen molar-refractivity contribution in [3.8, 4) is 5.75 Å². The number of hydrogen-bond donors (Lipinski definition) is 1. The summed E-state index contributed by atoms with van der Waals surface area (Å²) in [4.78, 5) is 1.09. The van der Waals surface area contributed by atoms with Gasteiger partial charge in [0.25, 0.3) is 0 Å². The lowest BCUT2D eigenvalue weighted by Gasteiger charge is -2.09. The SMILES string of the molecule is COc1ccc(CSc2cccc(C(C)N)c2)c(F)c1. The van der Waals surface area contributed by atoms with Crippen molar-refractivity contribution in [1.82, 2.24) is 0 Å². The fraction of sp³-hybridized carbons (Fsp3) is 0.250. The van der Waals surface area contributed by atoms with Gasteiger partial charge in [-0.15, -0.1) is 11.8 Å². The zero-order valence-electron chi connectivity index (χ0n) is 11.6. The number of ether oxygens (including phenoxy) is 1. The van der Waals surface area contributed by atoms with E-state index in [1.54, 1.807) is 23.9 Å². The first kappa shape index (κ1) is 14.9. The minimum absolute atomic E-state index is 0.00766. The van der Waals surface area contributed by atoms with E-state index in [4.69, 9.17) is 10.5 Å². The Bertz CT molecular complexity index is 586. The minimum atomic E-state index is -0.236. The van der Waals surface area contributed by atoms with Gasteiger partial charge in [-0.05, 0) is 36.2 Å². The van der Waals surface area contributed by atoms with E-state index in [0.29, 0.717) is 17.1 Å². The van der Waals surface area contributed by atoms with Crippen LogP contribution < -0.4 is 10.5 Å². The van der Waals surface area contributed by atoms with Crippen LogP contribution in [-0.4, -0.2) is 7.11 Å². The number of methoxy groups -OCH3 is 1. The topological polar surface area (TPSA) is 35.2 Å². The van der Waals surface area contributed by atoms with Gasteiger partial charge in [0.15, 0.2) is 0 Å². The Hall–Kier alpha value is -1.52. The molecule has 0 spiro atoms. The summed E-state index contributed by atoms with van der Waals surface area (Å²) in [5.74, 6) is 0.883. The summed E-state index contributed by atoms with van der Waals surface area (Å²) in [6.45, 7) is 1.95. The molecule has 0 saturated heterocycles. The predicted molar refractivity (Wildman–Crippen MR) is 81.6 cm³/mol. The van der Waals surface area contributed by atoms with Gasteiger partial charge in [0.1, 0.15) is 11.6 Å². The summed E-state index contributed by atoms with van der Waals surface area (Å²) >= 11 is 1.60. The molecule has 0 aromatic heterocycles. The van der Waals surface area contributed by atoms with Crippen LogP contribution in [0.1, 0.15) is 24.1 Å². The summed E-state index contributed by atoms with van der Waals surface area (Å²) in [5.41, 5.74) is 7.62. The van der Waals surface area contributed by atoms with Crippen molar-refractivity contribution in [2.75, 3.05) is 7.11 Å². The second-order valence-electron chi connectivity index (χ2n) is 4.61. The molecule has 20 heavy (non-hydrogen) atoms. The lowest BCUT2D eigenvalue weighted by molar-refractivity contribution is 0.411. The third-order valence-corrected chi connectivity index (χ3v) is 4.08. The quantitative estimate of drug-likeness (QED) is 0.841. The smallest absolute Gasteiger partial charge is 0.130 e. The summed E-state index contributed by atoms with van der Waals surface area (Å²) in [6, 6.07) is 13.0. The Morgan fingerprint density at radius 3 is 2.70 bits per heavy atom. The summed E-state index contributed by atoms with van der Waals surface area (Å²) in [6.07, 6.45) is 0. The molecule has 106 valence electrons. The molecule has 1 atom stereocenters. The van der Waals surface area contributed by atoms with E-state index in [1.165, 1.54) is 13.2 Å². The zero-order chi connectivity index (χ0) is 14.5. The largest absolute Gasteiger partial charge is 0.497 e. The van der Waals surface area contributed by atoms with E-state index in [0.717, 1.165) is 10.5 Å². The van der Waals surface area contributed by atoms with Gasteiger partial charge in [0, 0.05) is 22.8 Å². The molecule has 0 fully saturated rings. The molecule has 0 saturated carbocycles. The Morgan fingerprint density at radius 1 is 1.25 bits per heavy atom. The van der Waals surface area contributed by atoms with Crippen molar-refractivity contribution in [2.45, 2.75) is 23.6 Å². The molecule has 1 unspecified atom stereocenters. The van der Waals surface area contributed by atoms with E-state index in [1.807, 2.05) is 25.1 Å². The molecule has 0 aliphatic carbocycles. The number of halogens is 1. The highest BCUT2D eigenvalue weighted by molar-refractivity contribution is 7.98. The molecule has 2 N–H and O–H groups in total. The highest BCUT2D eigenvalue weighted by Crippen LogP contribution is 2.27. The van der Waals surface area contributed by atoms with E-state index in [9.17, 15) is 4.39 Å². The van der Waals surface area contributed by atoms with Crippen molar-refractivity contribution < 1.29 is 9.13 Å². The fourth-order valence-corrected chi connectivity index (χ4v) is 2.77. The maximum Gasteiger partial charge on any atom is 0.130 e. The molecular formula is C16H18FNOS. The second kappa shape index (κ2) is 6.77. The molecule has 0 amide bonds. The second-order valence-corrected chi connectivity index (χ2v) is 5.66. The van der Waals surface area contributed by atoms with Gasteiger partial charge >= 0.3 is 0 Å². The Balaban J connectivity index is 2.07. The van der Waals surface area contributed by atoms with Crippen molar-refractivity contribution >= 4 is 11.8 Å². The lowest BCUT2D eigenvalue weighted by Crippen LogP contribution is -2.04. The first-order valence-corrected chi connectivity index (χ1v) is 7.39. The highest BCUT2D eigenvalue weighted by Gasteiger charge is 2.06. The van der Waals surface area contributed by atoms with E-state index in [2.05, 4.69) is 6.07 Å². The van der Waals surface area contributed by atoms with Crippen molar-refractivity contribution in [1.29, 1.82) is 0 Å². The molecule has 0 bridgehead atoms. The molecule has 0 radical (unpaired) electrons. The van der Waals surface area contributed by atoms with Crippen LogP contribution in [0.15, 0.2) is 47.4 Å². The van der Waals surface area contributed by atoms with Crippen molar-refractivity contribution in [3.63, 3.8) is 0 Å². The molecule has 0 aliphatic heterocycles. The van der Waals surface area contributed by atoms with Crippen LogP contribution in [-0.2, 0) is 5.75 Å². The molecular weight excluding hydrogens is 273 g/mol. The van der Waals surface area contributed by atoms with Gasteiger partial charge in [-0.2, -0.15) is 0 Å². The Labute approximate surface area is 123 Å². The van der Waals surface area contributed by atoms with Crippen LogP contribution in [0.25, 0.3) is 0 Å². The van der Waals surface area contributed by atoms with Crippen LogP contribution in [0.2, 0.25) is 0 Å². The van der Waals surface area contributed by atoms with E-state index >= 15 is 0 Å². The molecule has 4 heteroatoms. The van der Waals surface area contributed by atoms with E-state index < -0.39 is 0 Å². The average Bonchev–Trinajstić information content (AvgIpc) is 2.46. The van der Waals surface area contributed by atoms with Crippen LogP contribution >= 0.6 is 11.8 Å². The number of thioether (sulfide) groups is 1. The van der Waals surface area contributed by atoms with Crippen LogP contribution in [0.5, 0.6) is 5.75 Å². The molecule has 2 rings (SSSR count). The Morgan fingerprint density at radius 2 is 2.05 bits per heavy atom. The third-order valence-electron chi connectivity index (χ3n) is 3.04. The van der Waals surface area contributed by atoms with Gasteiger partial charge in [-0.3, -0.25) is 0 Å². The maximum atomic E-state index is 13.8. The van der Waals surface area contributed by atoms with Crippen LogP contribution in [0.3, 0.4) is 0 Å². The number of hydrogen-bond acceptors (Lipinski definition) is 3. The van der Waals surface area contributed by atoms with Gasteiger partial charge < -0.3 is 10.5 Å². The van der Waals surface area contributed by atoms with Crippen LogP contribution in [0, 0.1) is 5.82 Å². The molecule has 2 aromatic rings. The number of benzene rings is 2. The monoisotopic (exact) mass is 291 g/mol. The van der Waals surface area contributed by atoms with Crippen molar-refractivity contribution in [3.05, 3.63) is 59.4 Å². The first-order valence-electron chi connectivity index (χ1n) is 6.41. The molecule has 0 heterocycles. The van der Waals surface area contributed by atoms with Crippen molar-refractivity contribution in [2.24, 2.45) is 5.73 Å². The van der Waals surface area contributed by atoms with Crippen LogP contribution in [0.4, 0.5) is 4.39 Å². The average molecular weight is 291 g/mol. The first-order chi connectivity index (χ1) is 9.60. The fourth-order valence-electron chi connectivity index (χ4n) is 1.82. The molecule has 0 aliphatic rings.